The number of benzene rings is 1. The molecule has 1 aromatic carbocycles. The number of morpholine rings is 1. The van der Waals surface area contributed by atoms with E-state index in [9.17, 15) is 9.59 Å². The van der Waals surface area contributed by atoms with Crippen LogP contribution in [0.2, 0.25) is 0 Å². The number of carbonyl (C=O) groups is 2. The Morgan fingerprint density at radius 2 is 2.00 bits per heavy atom. The van der Waals surface area contributed by atoms with Gasteiger partial charge >= 0.3 is 0 Å². The van der Waals surface area contributed by atoms with Gasteiger partial charge in [0.1, 0.15) is 6.61 Å². The maximum absolute atomic E-state index is 12.6. The quantitative estimate of drug-likeness (QED) is 0.841. The minimum Gasteiger partial charge on any atom is -0.364 e. The van der Waals surface area contributed by atoms with Crippen LogP contribution in [-0.4, -0.2) is 53.5 Å². The molecule has 2 aromatic rings. The Labute approximate surface area is 150 Å². The van der Waals surface area contributed by atoms with Crippen LogP contribution in [0.25, 0.3) is 0 Å². The van der Waals surface area contributed by atoms with E-state index in [2.05, 4.69) is 0 Å². The van der Waals surface area contributed by atoms with E-state index in [1.54, 1.807) is 11.3 Å². The Balaban J connectivity index is 1.46. The predicted octanol–water partition coefficient (Wildman–Crippen LogP) is 1.93. The Morgan fingerprint density at radius 3 is 2.76 bits per heavy atom. The molecule has 2 amide bonds. The zero-order valence-electron chi connectivity index (χ0n) is 13.8. The number of thiophene rings is 1. The molecule has 130 valence electrons. The SMILES string of the molecule is O=C(Cc1ccsc1)N1C[C@@H]2OCC(=O)N(Cc3ccccc3)[C@H]2C1. The van der Waals surface area contributed by atoms with Crippen LogP contribution in [0.5, 0.6) is 0 Å². The second-order valence-electron chi connectivity index (χ2n) is 6.53. The van der Waals surface area contributed by atoms with E-state index in [0.29, 0.717) is 26.1 Å². The Morgan fingerprint density at radius 1 is 1.16 bits per heavy atom. The molecule has 5 nitrogen and oxygen atoms in total. The molecule has 0 unspecified atom stereocenters. The third-order valence-electron chi connectivity index (χ3n) is 4.86. The molecule has 0 spiro atoms. The number of carbonyl (C=O) groups excluding carboxylic acids is 2. The maximum Gasteiger partial charge on any atom is 0.249 e. The lowest BCUT2D eigenvalue weighted by Crippen LogP contribution is -2.53. The summed E-state index contributed by atoms with van der Waals surface area (Å²) in [6.07, 6.45) is 0.322. The first kappa shape index (κ1) is 16.3. The van der Waals surface area contributed by atoms with Crippen LogP contribution < -0.4 is 0 Å². The molecular weight excluding hydrogens is 336 g/mol. The molecule has 25 heavy (non-hydrogen) atoms. The summed E-state index contributed by atoms with van der Waals surface area (Å²) in [6, 6.07) is 11.9. The first-order valence-corrected chi connectivity index (χ1v) is 9.39. The molecule has 2 aliphatic heterocycles. The van der Waals surface area contributed by atoms with Crippen molar-refractivity contribution in [3.05, 3.63) is 58.3 Å². The van der Waals surface area contributed by atoms with Crippen LogP contribution in [0.4, 0.5) is 0 Å². The van der Waals surface area contributed by atoms with Crippen molar-refractivity contribution in [2.75, 3.05) is 19.7 Å². The number of nitrogens with zero attached hydrogens (tertiary/aromatic N) is 2. The molecule has 2 fully saturated rings. The summed E-state index contributed by atoms with van der Waals surface area (Å²) in [4.78, 5) is 28.7. The van der Waals surface area contributed by atoms with Crippen molar-refractivity contribution < 1.29 is 14.3 Å². The van der Waals surface area contributed by atoms with Gasteiger partial charge in [0.2, 0.25) is 11.8 Å². The monoisotopic (exact) mass is 356 g/mol. The van der Waals surface area contributed by atoms with Crippen molar-refractivity contribution in [3.63, 3.8) is 0 Å². The van der Waals surface area contributed by atoms with E-state index in [-0.39, 0.29) is 30.6 Å². The fraction of sp³-hybridized carbons (Fsp3) is 0.368. The summed E-state index contributed by atoms with van der Waals surface area (Å²) in [6.45, 7) is 1.77. The first-order chi connectivity index (χ1) is 12.2. The molecule has 3 heterocycles. The summed E-state index contributed by atoms with van der Waals surface area (Å²) in [5, 5.41) is 3.98. The number of fused-ring (bicyclic) bond motifs is 1. The van der Waals surface area contributed by atoms with Gasteiger partial charge in [-0.25, -0.2) is 0 Å². The van der Waals surface area contributed by atoms with Gasteiger partial charge in [0.25, 0.3) is 0 Å². The predicted molar refractivity (Wildman–Crippen MR) is 95.1 cm³/mol. The van der Waals surface area contributed by atoms with Gasteiger partial charge in [-0.1, -0.05) is 30.3 Å². The van der Waals surface area contributed by atoms with Crippen LogP contribution in [0, 0.1) is 0 Å². The molecule has 2 atom stereocenters. The van der Waals surface area contributed by atoms with Gasteiger partial charge in [-0.3, -0.25) is 9.59 Å². The largest absolute Gasteiger partial charge is 0.364 e. The highest BCUT2D eigenvalue weighted by molar-refractivity contribution is 7.08. The van der Waals surface area contributed by atoms with Gasteiger partial charge in [-0.15, -0.1) is 0 Å². The number of ether oxygens (including phenoxy) is 1. The van der Waals surface area contributed by atoms with Crippen molar-refractivity contribution in [1.29, 1.82) is 0 Å². The van der Waals surface area contributed by atoms with Crippen LogP contribution in [-0.2, 0) is 27.3 Å². The molecule has 6 heteroatoms. The Kier molecular flexibility index (Phi) is 4.55. The van der Waals surface area contributed by atoms with E-state index in [0.717, 1.165) is 11.1 Å². The first-order valence-electron chi connectivity index (χ1n) is 8.44. The third-order valence-corrected chi connectivity index (χ3v) is 5.59. The topological polar surface area (TPSA) is 49.9 Å². The second-order valence-corrected chi connectivity index (χ2v) is 7.31. The van der Waals surface area contributed by atoms with Crippen molar-refractivity contribution in [1.82, 2.24) is 9.80 Å². The lowest BCUT2D eigenvalue weighted by Gasteiger charge is -2.36. The minimum atomic E-state index is -0.0900. The molecule has 2 saturated heterocycles. The van der Waals surface area contributed by atoms with Crippen molar-refractivity contribution in [2.24, 2.45) is 0 Å². The number of amides is 2. The minimum absolute atomic E-state index is 0.00256. The molecule has 0 radical (unpaired) electrons. The van der Waals surface area contributed by atoms with Gasteiger partial charge in [-0.2, -0.15) is 11.3 Å². The lowest BCUT2D eigenvalue weighted by molar-refractivity contribution is -0.153. The summed E-state index contributed by atoms with van der Waals surface area (Å²) < 4.78 is 5.71. The van der Waals surface area contributed by atoms with Crippen molar-refractivity contribution in [2.45, 2.75) is 25.1 Å². The fourth-order valence-corrected chi connectivity index (χ4v) is 4.20. The summed E-state index contributed by atoms with van der Waals surface area (Å²) in [7, 11) is 0. The lowest BCUT2D eigenvalue weighted by atomic mass is 10.1. The fourth-order valence-electron chi connectivity index (χ4n) is 3.53. The Bertz CT molecular complexity index is 747. The third kappa shape index (κ3) is 3.45. The van der Waals surface area contributed by atoms with Crippen molar-refractivity contribution >= 4 is 23.2 Å². The van der Waals surface area contributed by atoms with E-state index in [1.807, 2.05) is 57.0 Å². The number of rotatable bonds is 4. The standard InChI is InChI=1S/C19H20N2O3S/c22-18(8-15-6-7-25-13-15)20-10-16-17(11-20)24-12-19(23)21(16)9-14-4-2-1-3-5-14/h1-7,13,16-17H,8-12H2/t16-,17-/m0/s1. The average Bonchev–Trinajstić information content (AvgIpc) is 3.28. The van der Waals surface area contributed by atoms with Gasteiger partial charge in [0.05, 0.1) is 18.6 Å². The zero-order chi connectivity index (χ0) is 17.2. The highest BCUT2D eigenvalue weighted by atomic mass is 32.1. The molecule has 4 rings (SSSR count). The summed E-state index contributed by atoms with van der Waals surface area (Å²) in [5.41, 5.74) is 2.14. The van der Waals surface area contributed by atoms with Gasteiger partial charge < -0.3 is 14.5 Å². The summed E-state index contributed by atoms with van der Waals surface area (Å²) in [5.74, 6) is 0.0979. The highest BCUT2D eigenvalue weighted by Crippen LogP contribution is 2.26. The Hall–Kier alpha value is -2.18. The highest BCUT2D eigenvalue weighted by Gasteiger charge is 2.44. The molecular formula is C19H20N2O3S. The van der Waals surface area contributed by atoms with Gasteiger partial charge in [-0.05, 0) is 28.0 Å². The van der Waals surface area contributed by atoms with Crippen LogP contribution in [0.1, 0.15) is 11.1 Å². The maximum atomic E-state index is 12.6. The zero-order valence-corrected chi connectivity index (χ0v) is 14.7. The molecule has 0 N–H and O–H groups in total. The van der Waals surface area contributed by atoms with Crippen LogP contribution in [0.15, 0.2) is 47.2 Å². The van der Waals surface area contributed by atoms with E-state index >= 15 is 0 Å². The number of hydrogen-bond acceptors (Lipinski definition) is 4. The number of likely N-dealkylation sites (tertiary alicyclic amines) is 1. The van der Waals surface area contributed by atoms with Crippen LogP contribution >= 0.6 is 11.3 Å². The summed E-state index contributed by atoms with van der Waals surface area (Å²) >= 11 is 1.60. The average molecular weight is 356 g/mol. The second kappa shape index (κ2) is 6.98. The van der Waals surface area contributed by atoms with Gasteiger partial charge in [0.15, 0.2) is 0 Å². The molecule has 0 aliphatic carbocycles. The molecule has 0 bridgehead atoms. The van der Waals surface area contributed by atoms with Crippen molar-refractivity contribution in [3.8, 4) is 0 Å². The molecule has 2 aliphatic rings. The van der Waals surface area contributed by atoms with E-state index < -0.39 is 0 Å². The molecule has 1 aromatic heterocycles. The van der Waals surface area contributed by atoms with E-state index in [4.69, 9.17) is 4.74 Å². The van der Waals surface area contributed by atoms with Gasteiger partial charge in [0, 0.05) is 19.6 Å². The normalized spacial score (nSPS) is 23.0. The molecule has 0 saturated carbocycles. The number of hydrogen-bond donors (Lipinski definition) is 0. The smallest absolute Gasteiger partial charge is 0.249 e. The van der Waals surface area contributed by atoms with Crippen LogP contribution in [0.3, 0.4) is 0 Å². The van der Waals surface area contributed by atoms with E-state index in [1.165, 1.54) is 0 Å².